The monoisotopic (exact) mass is 249 g/mol. The number of nitrogens with one attached hydrogen (secondary N) is 1. The van der Waals surface area contributed by atoms with E-state index in [-0.39, 0.29) is 18.0 Å². The number of nitrogens with zero attached hydrogens (tertiary/aromatic N) is 1. The first kappa shape index (κ1) is 14.6. The molecule has 1 aromatic heterocycles. The van der Waals surface area contributed by atoms with Crippen molar-refractivity contribution in [3.63, 3.8) is 0 Å². The van der Waals surface area contributed by atoms with Crippen LogP contribution in [0, 0.1) is 20.8 Å². The molecule has 4 heteroatoms. The highest BCUT2D eigenvalue weighted by Gasteiger charge is 2.16. The van der Waals surface area contributed by atoms with E-state index in [0.717, 1.165) is 11.4 Å². The summed E-state index contributed by atoms with van der Waals surface area (Å²) in [5.74, 6) is -0.280. The summed E-state index contributed by atoms with van der Waals surface area (Å²) in [7, 11) is 0. The maximum atomic E-state index is 10.9. The van der Waals surface area contributed by atoms with Crippen molar-refractivity contribution in [1.29, 1.82) is 0 Å². The fourth-order valence-corrected chi connectivity index (χ4v) is 2.56. The molecule has 18 heavy (non-hydrogen) atoms. The van der Waals surface area contributed by atoms with Gasteiger partial charge in [0.1, 0.15) is 0 Å². The Kier molecular flexibility index (Phi) is 4.84. The Balaban J connectivity index is 2.84. The maximum absolute atomic E-state index is 10.9. The SMILES string of the molecule is Cc1cc(C)c(C(C)NC(C)CC(N)=O)c(C)n1. The van der Waals surface area contributed by atoms with Crippen molar-refractivity contribution in [2.75, 3.05) is 0 Å². The van der Waals surface area contributed by atoms with E-state index in [0.29, 0.717) is 6.42 Å². The van der Waals surface area contributed by atoms with Gasteiger partial charge in [-0.15, -0.1) is 0 Å². The van der Waals surface area contributed by atoms with E-state index >= 15 is 0 Å². The molecule has 3 N–H and O–H groups in total. The molecule has 4 nitrogen and oxygen atoms in total. The lowest BCUT2D eigenvalue weighted by atomic mass is 9.99. The summed E-state index contributed by atoms with van der Waals surface area (Å²) >= 11 is 0. The molecular formula is C14H23N3O. The number of nitrogens with two attached hydrogens (primary N) is 1. The summed E-state index contributed by atoms with van der Waals surface area (Å²) in [4.78, 5) is 15.4. The summed E-state index contributed by atoms with van der Waals surface area (Å²) in [5.41, 5.74) is 9.70. The largest absolute Gasteiger partial charge is 0.370 e. The van der Waals surface area contributed by atoms with E-state index in [1.807, 2.05) is 20.8 Å². The molecular weight excluding hydrogens is 226 g/mol. The minimum atomic E-state index is -0.280. The summed E-state index contributed by atoms with van der Waals surface area (Å²) in [6.07, 6.45) is 0.349. The number of carbonyl (C=O) groups excluding carboxylic acids is 1. The standard InChI is InChI=1S/C14H23N3O/c1-8-6-9(2)16-11(4)14(8)12(5)17-10(3)7-13(15)18/h6,10,12,17H,7H2,1-5H3,(H2,15,18). The third kappa shape index (κ3) is 3.81. The number of rotatable bonds is 5. The molecule has 1 amide bonds. The van der Waals surface area contributed by atoms with E-state index in [2.05, 4.69) is 30.2 Å². The van der Waals surface area contributed by atoms with Gasteiger partial charge in [0.2, 0.25) is 5.91 Å². The molecule has 0 aliphatic heterocycles. The second kappa shape index (κ2) is 5.96. The van der Waals surface area contributed by atoms with Crippen LogP contribution < -0.4 is 11.1 Å². The van der Waals surface area contributed by atoms with E-state index in [1.54, 1.807) is 0 Å². The van der Waals surface area contributed by atoms with Gasteiger partial charge in [-0.1, -0.05) is 0 Å². The molecule has 0 fully saturated rings. The van der Waals surface area contributed by atoms with Gasteiger partial charge in [0, 0.05) is 29.9 Å². The Bertz CT molecular complexity index is 420. The molecule has 1 aromatic rings. The van der Waals surface area contributed by atoms with E-state index < -0.39 is 0 Å². The lowest BCUT2D eigenvalue weighted by Gasteiger charge is -2.22. The van der Waals surface area contributed by atoms with Crippen LogP contribution in [0.2, 0.25) is 0 Å². The molecule has 0 bridgehead atoms. The summed E-state index contributed by atoms with van der Waals surface area (Å²) in [6.45, 7) is 10.2. The zero-order chi connectivity index (χ0) is 13.9. The molecule has 0 saturated heterocycles. The van der Waals surface area contributed by atoms with Crippen LogP contribution in [0.4, 0.5) is 0 Å². The van der Waals surface area contributed by atoms with Crippen molar-refractivity contribution in [3.8, 4) is 0 Å². The van der Waals surface area contributed by atoms with E-state index in [1.165, 1.54) is 11.1 Å². The van der Waals surface area contributed by atoms with Crippen LogP contribution in [-0.4, -0.2) is 16.9 Å². The predicted octanol–water partition coefficient (Wildman–Crippen LogP) is 1.92. The van der Waals surface area contributed by atoms with Crippen LogP contribution >= 0.6 is 0 Å². The average molecular weight is 249 g/mol. The third-order valence-electron chi connectivity index (χ3n) is 3.06. The Morgan fingerprint density at radius 1 is 1.39 bits per heavy atom. The van der Waals surface area contributed by atoms with Gasteiger partial charge in [-0.3, -0.25) is 9.78 Å². The Morgan fingerprint density at radius 2 is 2.00 bits per heavy atom. The van der Waals surface area contributed by atoms with Crippen LogP contribution in [0.15, 0.2) is 6.07 Å². The molecule has 0 radical (unpaired) electrons. The van der Waals surface area contributed by atoms with Crippen LogP contribution in [0.1, 0.15) is 48.8 Å². The zero-order valence-corrected chi connectivity index (χ0v) is 11.9. The minimum absolute atomic E-state index is 0.0672. The van der Waals surface area contributed by atoms with Crippen molar-refractivity contribution in [1.82, 2.24) is 10.3 Å². The molecule has 1 heterocycles. The lowest BCUT2D eigenvalue weighted by molar-refractivity contribution is -0.118. The van der Waals surface area contributed by atoms with Gasteiger partial charge in [0.05, 0.1) is 0 Å². The van der Waals surface area contributed by atoms with E-state index in [4.69, 9.17) is 5.73 Å². The highest BCUT2D eigenvalue weighted by Crippen LogP contribution is 2.21. The van der Waals surface area contributed by atoms with Crippen molar-refractivity contribution in [3.05, 3.63) is 28.6 Å². The highest BCUT2D eigenvalue weighted by molar-refractivity contribution is 5.74. The molecule has 0 saturated carbocycles. The van der Waals surface area contributed by atoms with Crippen LogP contribution in [-0.2, 0) is 4.79 Å². The number of hydrogen-bond acceptors (Lipinski definition) is 3. The fraction of sp³-hybridized carbons (Fsp3) is 0.571. The first-order valence-corrected chi connectivity index (χ1v) is 6.30. The molecule has 2 unspecified atom stereocenters. The number of carbonyl (C=O) groups is 1. The van der Waals surface area contributed by atoms with Gasteiger partial charge in [-0.25, -0.2) is 0 Å². The number of primary amides is 1. The Labute approximate surface area is 109 Å². The van der Waals surface area contributed by atoms with Gasteiger partial charge >= 0.3 is 0 Å². The van der Waals surface area contributed by atoms with Crippen LogP contribution in [0.3, 0.4) is 0 Å². The molecule has 2 atom stereocenters. The topological polar surface area (TPSA) is 68.0 Å². The second-order valence-electron chi connectivity index (χ2n) is 5.04. The number of aryl methyl sites for hydroxylation is 3. The quantitative estimate of drug-likeness (QED) is 0.837. The van der Waals surface area contributed by atoms with Gasteiger partial charge in [0.25, 0.3) is 0 Å². The molecule has 0 spiro atoms. The van der Waals surface area contributed by atoms with Crippen LogP contribution in [0.5, 0.6) is 0 Å². The summed E-state index contributed by atoms with van der Waals surface area (Å²) in [6, 6.07) is 2.31. The number of aromatic nitrogens is 1. The predicted molar refractivity (Wildman–Crippen MR) is 73.3 cm³/mol. The van der Waals surface area contributed by atoms with E-state index in [9.17, 15) is 4.79 Å². The van der Waals surface area contributed by atoms with Crippen molar-refractivity contribution in [2.24, 2.45) is 5.73 Å². The van der Waals surface area contributed by atoms with Crippen molar-refractivity contribution < 1.29 is 4.79 Å². The number of pyridine rings is 1. The third-order valence-corrected chi connectivity index (χ3v) is 3.06. The molecule has 1 rings (SSSR count). The molecule has 0 aliphatic rings. The van der Waals surface area contributed by atoms with Crippen LogP contribution in [0.25, 0.3) is 0 Å². The Morgan fingerprint density at radius 3 is 2.50 bits per heavy atom. The molecule has 0 aliphatic carbocycles. The average Bonchev–Trinajstić information content (AvgIpc) is 2.12. The van der Waals surface area contributed by atoms with Crippen molar-refractivity contribution >= 4 is 5.91 Å². The van der Waals surface area contributed by atoms with Gasteiger partial charge in [-0.05, 0) is 51.8 Å². The summed E-state index contributed by atoms with van der Waals surface area (Å²) in [5, 5.41) is 3.39. The fourth-order valence-electron chi connectivity index (χ4n) is 2.56. The lowest BCUT2D eigenvalue weighted by Crippen LogP contribution is -2.33. The highest BCUT2D eigenvalue weighted by atomic mass is 16.1. The van der Waals surface area contributed by atoms with Crippen molar-refractivity contribution in [2.45, 2.75) is 53.1 Å². The first-order valence-electron chi connectivity index (χ1n) is 6.30. The minimum Gasteiger partial charge on any atom is -0.370 e. The number of hydrogen-bond donors (Lipinski definition) is 2. The summed E-state index contributed by atoms with van der Waals surface area (Å²) < 4.78 is 0. The second-order valence-corrected chi connectivity index (χ2v) is 5.04. The Hall–Kier alpha value is -1.42. The zero-order valence-electron chi connectivity index (χ0n) is 11.9. The van der Waals surface area contributed by atoms with Gasteiger partial charge in [0.15, 0.2) is 0 Å². The smallest absolute Gasteiger partial charge is 0.218 e. The molecule has 100 valence electrons. The molecule has 0 aromatic carbocycles. The van der Waals surface area contributed by atoms with Gasteiger partial charge < -0.3 is 11.1 Å². The van der Waals surface area contributed by atoms with Gasteiger partial charge in [-0.2, -0.15) is 0 Å². The number of amides is 1. The maximum Gasteiger partial charge on any atom is 0.218 e. The normalized spacial score (nSPS) is 14.3. The first-order chi connectivity index (χ1) is 8.31.